The molecule has 1 saturated carbocycles. The van der Waals surface area contributed by atoms with Crippen molar-refractivity contribution in [2.24, 2.45) is 0 Å². The van der Waals surface area contributed by atoms with E-state index in [0.717, 1.165) is 59.6 Å². The molecule has 0 N–H and O–H groups in total. The van der Waals surface area contributed by atoms with E-state index in [-0.39, 0.29) is 12.2 Å². The molecule has 1 fully saturated rings. The number of amides is 2. The maximum absolute atomic E-state index is 12.5. The van der Waals surface area contributed by atoms with Gasteiger partial charge >= 0.3 is 12.2 Å². The second-order valence-electron chi connectivity index (χ2n) is 14.8. The van der Waals surface area contributed by atoms with Crippen LogP contribution in [0.5, 0.6) is 0 Å². The van der Waals surface area contributed by atoms with Crippen LogP contribution in [0, 0.1) is 0 Å². The minimum atomic E-state index is -0.498. The molecule has 3 aliphatic rings. The second-order valence-corrected chi connectivity index (χ2v) is 14.8. The molecule has 0 bridgehead atoms. The van der Waals surface area contributed by atoms with Crippen LogP contribution < -0.4 is 0 Å². The summed E-state index contributed by atoms with van der Waals surface area (Å²) in [5, 5.41) is 9.42. The maximum atomic E-state index is 12.5. The van der Waals surface area contributed by atoms with Crippen molar-refractivity contribution in [2.75, 3.05) is 26.2 Å². The van der Waals surface area contributed by atoms with E-state index >= 15 is 0 Å². The molecule has 2 amide bonds. The summed E-state index contributed by atoms with van der Waals surface area (Å²) >= 11 is 0. The van der Waals surface area contributed by atoms with Gasteiger partial charge in [-0.1, -0.05) is 60.7 Å². The fourth-order valence-electron chi connectivity index (χ4n) is 6.19. The molecule has 2 aromatic carbocycles. The average molecular weight is 638 g/mol. The third kappa shape index (κ3) is 7.61. The van der Waals surface area contributed by atoms with Crippen molar-refractivity contribution >= 4 is 23.3 Å². The van der Waals surface area contributed by atoms with Gasteiger partial charge < -0.3 is 23.8 Å². The molecule has 2 aliphatic heterocycles. The van der Waals surface area contributed by atoms with Crippen molar-refractivity contribution in [3.05, 3.63) is 71.8 Å². The molecule has 9 heteroatoms. The first-order valence-electron chi connectivity index (χ1n) is 16.8. The summed E-state index contributed by atoms with van der Waals surface area (Å²) in [6, 6.07) is 17.5. The molecule has 47 heavy (non-hydrogen) atoms. The highest BCUT2D eigenvalue weighted by atomic mass is 16.6. The standard InChI is InChI=1S/C38H47N5O4/c1-37(2,3)46-35(44)41-22-18-28(19-23-41)26-10-14-30(15-11-26)33-39-40-34(43(33)32-8-7-9-32)31-16-12-27(13-17-31)29-20-24-42(25-21-29)36(45)47-38(4,5)6/h10-18,20,32H,7-9,19,21-25H2,1-6H3. The molecular formula is C38H47N5O4. The van der Waals surface area contributed by atoms with E-state index in [4.69, 9.17) is 19.7 Å². The van der Waals surface area contributed by atoms with Gasteiger partial charge in [-0.3, -0.25) is 0 Å². The lowest BCUT2D eigenvalue weighted by Gasteiger charge is -2.30. The molecule has 0 spiro atoms. The van der Waals surface area contributed by atoms with Crippen LogP contribution in [0.1, 0.15) is 90.8 Å². The zero-order chi connectivity index (χ0) is 33.3. The monoisotopic (exact) mass is 637 g/mol. The zero-order valence-electron chi connectivity index (χ0n) is 28.6. The maximum Gasteiger partial charge on any atom is 0.410 e. The molecule has 6 rings (SSSR count). The van der Waals surface area contributed by atoms with E-state index in [1.165, 1.54) is 17.6 Å². The SMILES string of the molecule is CC(C)(C)OC(=O)N1CC=C(c2ccc(-c3nnc(-c4ccc(C5=CCN(C(=O)OC(C)(C)C)CC5)cc4)n3C3CCC3)cc2)CC1. The number of carbonyl (C=O) groups excluding carboxylic acids is 2. The van der Waals surface area contributed by atoms with Gasteiger partial charge in [0.2, 0.25) is 0 Å². The number of aromatic nitrogens is 3. The van der Waals surface area contributed by atoms with Crippen LogP contribution in [0.4, 0.5) is 9.59 Å². The third-order valence-electron chi connectivity index (χ3n) is 8.89. The van der Waals surface area contributed by atoms with Gasteiger partial charge in [0.05, 0.1) is 0 Å². The predicted molar refractivity (Wildman–Crippen MR) is 185 cm³/mol. The van der Waals surface area contributed by atoms with Crippen LogP contribution in [-0.2, 0) is 9.47 Å². The number of carbonyl (C=O) groups is 2. The fraction of sp³-hybridized carbons (Fsp3) is 0.474. The van der Waals surface area contributed by atoms with E-state index < -0.39 is 11.2 Å². The third-order valence-corrected chi connectivity index (χ3v) is 8.89. The summed E-state index contributed by atoms with van der Waals surface area (Å²) in [6.07, 6.45) is 8.76. The molecule has 0 saturated heterocycles. The zero-order valence-corrected chi connectivity index (χ0v) is 28.6. The number of hydrogen-bond acceptors (Lipinski definition) is 6. The highest BCUT2D eigenvalue weighted by Crippen LogP contribution is 2.39. The smallest absolute Gasteiger partial charge is 0.410 e. The van der Waals surface area contributed by atoms with Crippen molar-refractivity contribution in [1.82, 2.24) is 24.6 Å². The largest absolute Gasteiger partial charge is 0.444 e. The van der Waals surface area contributed by atoms with Crippen molar-refractivity contribution in [1.29, 1.82) is 0 Å². The van der Waals surface area contributed by atoms with E-state index in [1.54, 1.807) is 9.80 Å². The lowest BCUT2D eigenvalue weighted by Crippen LogP contribution is -2.39. The highest BCUT2D eigenvalue weighted by molar-refractivity contribution is 5.75. The van der Waals surface area contributed by atoms with Gasteiger partial charge in [0.15, 0.2) is 11.6 Å². The summed E-state index contributed by atoms with van der Waals surface area (Å²) < 4.78 is 13.4. The highest BCUT2D eigenvalue weighted by Gasteiger charge is 2.28. The number of nitrogens with zero attached hydrogens (tertiary/aromatic N) is 5. The first-order valence-corrected chi connectivity index (χ1v) is 16.8. The predicted octanol–water partition coefficient (Wildman–Crippen LogP) is 8.39. The molecule has 9 nitrogen and oxygen atoms in total. The van der Waals surface area contributed by atoms with Crippen LogP contribution in [0.15, 0.2) is 60.7 Å². The quantitative estimate of drug-likeness (QED) is 0.279. The van der Waals surface area contributed by atoms with Crippen LogP contribution >= 0.6 is 0 Å². The van der Waals surface area contributed by atoms with Crippen molar-refractivity contribution in [3.8, 4) is 22.8 Å². The normalized spacial score (nSPS) is 17.5. The van der Waals surface area contributed by atoms with E-state index in [9.17, 15) is 9.59 Å². The summed E-state index contributed by atoms with van der Waals surface area (Å²) in [5.41, 5.74) is 5.90. The molecular weight excluding hydrogens is 590 g/mol. The molecule has 0 unspecified atom stereocenters. The Balaban J connectivity index is 1.16. The van der Waals surface area contributed by atoms with Gasteiger partial charge in [0, 0.05) is 43.3 Å². The molecule has 1 aliphatic carbocycles. The van der Waals surface area contributed by atoms with Gasteiger partial charge in [-0.05, 0) is 95.9 Å². The van der Waals surface area contributed by atoms with Gasteiger partial charge in [0.25, 0.3) is 0 Å². The second kappa shape index (κ2) is 13.0. The lowest BCUT2D eigenvalue weighted by molar-refractivity contribution is 0.0260. The van der Waals surface area contributed by atoms with Crippen LogP contribution in [0.3, 0.4) is 0 Å². The number of hydrogen-bond donors (Lipinski definition) is 0. The number of benzene rings is 2. The summed E-state index contributed by atoms with van der Waals surface area (Å²) in [7, 11) is 0. The Morgan fingerprint density at radius 1 is 0.638 bits per heavy atom. The first kappa shape index (κ1) is 32.5. The van der Waals surface area contributed by atoms with Gasteiger partial charge in [-0.25, -0.2) is 9.59 Å². The van der Waals surface area contributed by atoms with Gasteiger partial charge in [-0.15, -0.1) is 10.2 Å². The Hall–Kier alpha value is -4.40. The van der Waals surface area contributed by atoms with Crippen molar-refractivity contribution in [2.45, 2.75) is 90.9 Å². The number of ether oxygens (including phenoxy) is 2. The summed E-state index contributed by atoms with van der Waals surface area (Å²) in [5.74, 6) is 1.79. The van der Waals surface area contributed by atoms with Crippen LogP contribution in [0.2, 0.25) is 0 Å². The van der Waals surface area contributed by atoms with Gasteiger partial charge in [0.1, 0.15) is 11.2 Å². The molecule has 1 aromatic heterocycles. The first-order chi connectivity index (χ1) is 22.3. The van der Waals surface area contributed by atoms with Crippen LogP contribution in [-0.4, -0.2) is 74.1 Å². The minimum absolute atomic E-state index is 0.262. The van der Waals surface area contributed by atoms with E-state index in [0.29, 0.717) is 32.2 Å². The van der Waals surface area contributed by atoms with Gasteiger partial charge in [-0.2, -0.15) is 0 Å². The van der Waals surface area contributed by atoms with Crippen LogP contribution in [0.25, 0.3) is 33.9 Å². The Labute approximate surface area is 278 Å². The average Bonchev–Trinajstić information content (AvgIpc) is 3.43. The Morgan fingerprint density at radius 3 is 1.32 bits per heavy atom. The Morgan fingerprint density at radius 2 is 1.02 bits per heavy atom. The molecule has 3 aromatic rings. The topological polar surface area (TPSA) is 89.8 Å². The van der Waals surface area contributed by atoms with Crippen molar-refractivity contribution < 1.29 is 19.1 Å². The summed E-state index contributed by atoms with van der Waals surface area (Å²) in [6.45, 7) is 13.7. The molecule has 3 heterocycles. The molecule has 248 valence electrons. The van der Waals surface area contributed by atoms with E-state index in [2.05, 4.69) is 65.3 Å². The lowest BCUT2D eigenvalue weighted by atomic mass is 9.91. The number of rotatable bonds is 5. The Bertz CT molecular complexity index is 1550. The molecule has 0 radical (unpaired) electrons. The summed E-state index contributed by atoms with van der Waals surface area (Å²) in [4.78, 5) is 28.5. The van der Waals surface area contributed by atoms with Crippen molar-refractivity contribution in [3.63, 3.8) is 0 Å². The fourth-order valence-corrected chi connectivity index (χ4v) is 6.19. The minimum Gasteiger partial charge on any atom is -0.444 e. The van der Waals surface area contributed by atoms with E-state index in [1.807, 2.05) is 41.5 Å². The molecule has 0 atom stereocenters. The Kier molecular flexibility index (Phi) is 9.01.